The quantitative estimate of drug-likeness (QED) is 0.772. The number of hydrogen-bond acceptors (Lipinski definition) is 5. The summed E-state index contributed by atoms with van der Waals surface area (Å²) >= 11 is 3.36. The summed E-state index contributed by atoms with van der Waals surface area (Å²) in [6.45, 7) is 0.773. The molecule has 0 spiro atoms. The van der Waals surface area contributed by atoms with Crippen LogP contribution in [0.2, 0.25) is 0 Å². The summed E-state index contributed by atoms with van der Waals surface area (Å²) < 4.78 is 6.36. The normalized spacial score (nSPS) is 16.5. The van der Waals surface area contributed by atoms with E-state index in [-0.39, 0.29) is 5.92 Å². The summed E-state index contributed by atoms with van der Waals surface area (Å²) in [5.74, 6) is 1.23. The largest absolute Gasteiger partial charge is 0.384 e. The monoisotopic (exact) mass is 342 g/mol. The molecule has 1 N–H and O–H groups in total. The van der Waals surface area contributed by atoms with Crippen molar-refractivity contribution >= 4 is 21.6 Å². The van der Waals surface area contributed by atoms with Crippen molar-refractivity contribution in [2.45, 2.75) is 5.92 Å². The number of benzene rings is 1. The lowest BCUT2D eigenvalue weighted by atomic mass is 10.0. The molecule has 0 saturated heterocycles. The van der Waals surface area contributed by atoms with Crippen molar-refractivity contribution in [2.75, 3.05) is 11.9 Å². The molecule has 0 radical (unpaired) electrons. The molecule has 0 amide bonds. The van der Waals surface area contributed by atoms with Crippen LogP contribution < -0.4 is 5.32 Å². The second-order valence-corrected chi connectivity index (χ2v) is 5.75. The Kier molecular flexibility index (Phi) is 2.96. The fourth-order valence-corrected chi connectivity index (χ4v) is 2.73. The van der Waals surface area contributed by atoms with Gasteiger partial charge in [0.15, 0.2) is 0 Å². The van der Waals surface area contributed by atoms with E-state index in [1.165, 1.54) is 5.56 Å². The first-order valence-corrected chi connectivity index (χ1v) is 7.39. The summed E-state index contributed by atoms with van der Waals surface area (Å²) in [4.78, 5) is 8.78. The fourth-order valence-electron chi connectivity index (χ4n) is 2.49. The van der Waals surface area contributed by atoms with Crippen LogP contribution in [0.5, 0.6) is 0 Å². The van der Waals surface area contributed by atoms with Gasteiger partial charge >= 0.3 is 0 Å². The maximum absolute atomic E-state index is 5.44. The number of pyridine rings is 1. The van der Waals surface area contributed by atoms with Crippen LogP contribution in [0, 0.1) is 0 Å². The molecule has 21 heavy (non-hydrogen) atoms. The number of aromatic nitrogens is 3. The summed E-state index contributed by atoms with van der Waals surface area (Å²) in [7, 11) is 0. The predicted octanol–water partition coefficient (Wildman–Crippen LogP) is 3.45. The van der Waals surface area contributed by atoms with Crippen LogP contribution in [0.1, 0.15) is 17.4 Å². The number of anilines is 1. The lowest BCUT2D eigenvalue weighted by molar-refractivity contribution is 0.370. The third-order valence-corrected chi connectivity index (χ3v) is 4.00. The summed E-state index contributed by atoms with van der Waals surface area (Å²) in [5, 5.41) is 7.40. The second kappa shape index (κ2) is 4.96. The molecule has 2 aromatic heterocycles. The molecule has 0 bridgehead atoms. The van der Waals surface area contributed by atoms with Crippen LogP contribution in [0.3, 0.4) is 0 Å². The number of halogens is 1. The van der Waals surface area contributed by atoms with Crippen LogP contribution >= 0.6 is 15.9 Å². The van der Waals surface area contributed by atoms with Gasteiger partial charge < -0.3 is 9.84 Å². The van der Waals surface area contributed by atoms with Crippen molar-refractivity contribution in [1.82, 2.24) is 15.1 Å². The lowest BCUT2D eigenvalue weighted by Crippen LogP contribution is -2.04. The molecule has 3 heterocycles. The molecule has 1 atom stereocenters. The van der Waals surface area contributed by atoms with Gasteiger partial charge in [0.2, 0.25) is 11.7 Å². The molecule has 1 unspecified atom stereocenters. The highest BCUT2D eigenvalue weighted by Gasteiger charge is 2.28. The Labute approximate surface area is 129 Å². The molecule has 0 aliphatic carbocycles. The van der Waals surface area contributed by atoms with Gasteiger partial charge in [0.25, 0.3) is 0 Å². The first kappa shape index (κ1) is 12.5. The summed E-state index contributed by atoms with van der Waals surface area (Å²) in [6.07, 6.45) is 1.72. The zero-order valence-electron chi connectivity index (χ0n) is 11.0. The van der Waals surface area contributed by atoms with E-state index in [0.717, 1.165) is 16.7 Å². The highest BCUT2D eigenvalue weighted by molar-refractivity contribution is 9.10. The number of fused-ring (bicyclic) bond motifs is 1. The molecule has 1 aliphatic heterocycles. The van der Waals surface area contributed by atoms with Crippen molar-refractivity contribution in [3.63, 3.8) is 0 Å². The van der Waals surface area contributed by atoms with E-state index in [1.807, 2.05) is 24.3 Å². The van der Waals surface area contributed by atoms with Gasteiger partial charge in [-0.05, 0) is 39.7 Å². The number of rotatable bonds is 2. The Hall–Kier alpha value is -2.21. The van der Waals surface area contributed by atoms with E-state index in [2.05, 4.69) is 48.5 Å². The van der Waals surface area contributed by atoms with Crippen molar-refractivity contribution in [3.8, 4) is 11.5 Å². The van der Waals surface area contributed by atoms with Gasteiger partial charge in [-0.25, -0.2) is 0 Å². The Morgan fingerprint density at radius 1 is 1.19 bits per heavy atom. The zero-order chi connectivity index (χ0) is 14.2. The summed E-state index contributed by atoms with van der Waals surface area (Å²) in [5.41, 5.74) is 3.02. The van der Waals surface area contributed by atoms with Gasteiger partial charge in [-0.1, -0.05) is 23.4 Å². The van der Waals surface area contributed by atoms with Gasteiger partial charge in [0, 0.05) is 22.9 Å². The molecule has 3 aromatic rings. The molecular weight excluding hydrogens is 332 g/mol. The maximum atomic E-state index is 5.44. The molecule has 4 rings (SSSR count). The summed E-state index contributed by atoms with van der Waals surface area (Å²) in [6, 6.07) is 11.9. The van der Waals surface area contributed by atoms with Crippen molar-refractivity contribution < 1.29 is 4.52 Å². The average molecular weight is 343 g/mol. The molecule has 104 valence electrons. The van der Waals surface area contributed by atoms with Gasteiger partial charge in [-0.15, -0.1) is 0 Å². The van der Waals surface area contributed by atoms with Crippen LogP contribution in [0.25, 0.3) is 11.5 Å². The SMILES string of the molecule is Brc1ccc(-c2noc(C3CNc4ccccc43)n2)nc1. The molecule has 0 fully saturated rings. The van der Waals surface area contributed by atoms with Gasteiger partial charge in [0.05, 0.1) is 5.92 Å². The first-order valence-electron chi connectivity index (χ1n) is 6.59. The Balaban J connectivity index is 1.68. The van der Waals surface area contributed by atoms with E-state index < -0.39 is 0 Å². The lowest BCUT2D eigenvalue weighted by Gasteiger charge is -2.02. The Morgan fingerprint density at radius 3 is 2.95 bits per heavy atom. The highest BCUT2D eigenvalue weighted by atomic mass is 79.9. The van der Waals surface area contributed by atoms with Crippen molar-refractivity contribution in [2.24, 2.45) is 0 Å². The maximum Gasteiger partial charge on any atom is 0.236 e. The number of hydrogen-bond donors (Lipinski definition) is 1. The van der Waals surface area contributed by atoms with E-state index in [0.29, 0.717) is 17.4 Å². The van der Waals surface area contributed by atoms with Crippen molar-refractivity contribution in [3.05, 3.63) is 58.5 Å². The van der Waals surface area contributed by atoms with Gasteiger partial charge in [0.1, 0.15) is 5.69 Å². The van der Waals surface area contributed by atoms with Crippen LogP contribution in [0.15, 0.2) is 51.6 Å². The first-order chi connectivity index (χ1) is 10.3. The Bertz CT molecular complexity index is 784. The highest BCUT2D eigenvalue weighted by Crippen LogP contribution is 2.35. The Morgan fingerprint density at radius 2 is 2.10 bits per heavy atom. The fraction of sp³-hybridized carbons (Fsp3) is 0.133. The molecule has 6 heteroatoms. The van der Waals surface area contributed by atoms with Gasteiger partial charge in [-0.2, -0.15) is 4.98 Å². The minimum Gasteiger partial charge on any atom is -0.384 e. The third kappa shape index (κ3) is 2.21. The number of para-hydroxylation sites is 1. The van der Waals surface area contributed by atoms with E-state index in [1.54, 1.807) is 6.20 Å². The molecular formula is C15H11BrN4O. The van der Waals surface area contributed by atoms with E-state index >= 15 is 0 Å². The molecule has 1 aromatic carbocycles. The average Bonchev–Trinajstić information content (AvgIpc) is 3.14. The second-order valence-electron chi connectivity index (χ2n) is 4.84. The van der Waals surface area contributed by atoms with Crippen LogP contribution in [-0.4, -0.2) is 21.7 Å². The molecule has 5 nitrogen and oxygen atoms in total. The topological polar surface area (TPSA) is 63.8 Å². The molecule has 1 aliphatic rings. The smallest absolute Gasteiger partial charge is 0.236 e. The third-order valence-electron chi connectivity index (χ3n) is 3.53. The van der Waals surface area contributed by atoms with Crippen LogP contribution in [0.4, 0.5) is 5.69 Å². The van der Waals surface area contributed by atoms with Crippen molar-refractivity contribution in [1.29, 1.82) is 0 Å². The minimum absolute atomic E-state index is 0.0953. The van der Waals surface area contributed by atoms with E-state index in [4.69, 9.17) is 4.52 Å². The van der Waals surface area contributed by atoms with E-state index in [9.17, 15) is 0 Å². The van der Waals surface area contributed by atoms with Gasteiger partial charge in [-0.3, -0.25) is 4.98 Å². The zero-order valence-corrected chi connectivity index (χ0v) is 12.5. The van der Waals surface area contributed by atoms with Crippen LogP contribution in [-0.2, 0) is 0 Å². The standard InChI is InChI=1S/C15H11BrN4O/c16-9-5-6-13(17-7-9)14-19-15(21-20-14)11-8-18-12-4-2-1-3-10(11)12/h1-7,11,18H,8H2. The number of nitrogens with one attached hydrogen (secondary N) is 1. The predicted molar refractivity (Wildman–Crippen MR) is 82.0 cm³/mol. The minimum atomic E-state index is 0.0953. The number of nitrogens with zero attached hydrogens (tertiary/aromatic N) is 3. The molecule has 0 saturated carbocycles.